The molecule has 0 aromatic rings. The molecule has 4 rings (SSSR count). The molecule has 8 nitrogen and oxygen atoms in total. The second kappa shape index (κ2) is 37.1. The van der Waals surface area contributed by atoms with Crippen molar-refractivity contribution in [3.05, 3.63) is 11.6 Å². The molecule has 0 aromatic heterocycles. The van der Waals surface area contributed by atoms with Crippen LogP contribution in [0, 0.1) is 46.3 Å². The van der Waals surface area contributed by atoms with Crippen molar-refractivity contribution in [2.24, 2.45) is 52.1 Å². The van der Waals surface area contributed by atoms with Gasteiger partial charge in [-0.05, 0) is 169 Å². The van der Waals surface area contributed by atoms with Crippen LogP contribution in [-0.2, 0) is 9.59 Å². The Kier molecular flexibility index (Phi) is 32.8. The number of carbonyl (C=O) groups excluding carboxylic acids is 2. The van der Waals surface area contributed by atoms with Gasteiger partial charge in [-0.1, -0.05) is 197 Å². The number of carbonyl (C=O) groups is 2. The molecule has 0 heterocycles. The quantitative estimate of drug-likeness (QED) is 0.0203. The monoisotopic (exact) mass is 1030 g/mol. The van der Waals surface area contributed by atoms with Crippen molar-refractivity contribution in [2.75, 3.05) is 58.1 Å². The van der Waals surface area contributed by atoms with Crippen LogP contribution in [0.1, 0.15) is 247 Å². The van der Waals surface area contributed by atoms with Crippen LogP contribution in [0.25, 0.3) is 0 Å². The molecule has 2 amide bonds. The molecule has 0 aromatic carbocycles. The van der Waals surface area contributed by atoms with Gasteiger partial charge in [-0.25, -0.2) is 0 Å². The lowest BCUT2D eigenvalue weighted by molar-refractivity contribution is -0.128. The van der Waals surface area contributed by atoms with Gasteiger partial charge in [-0.2, -0.15) is 0 Å². The Morgan fingerprint density at radius 2 is 1.28 bits per heavy atom. The van der Waals surface area contributed by atoms with Gasteiger partial charge in [0.2, 0.25) is 11.8 Å². The molecule has 3 saturated carbocycles. The van der Waals surface area contributed by atoms with Gasteiger partial charge in [-0.15, -0.1) is 0 Å². The van der Waals surface area contributed by atoms with Crippen LogP contribution < -0.4 is 32.3 Å². The van der Waals surface area contributed by atoms with Crippen molar-refractivity contribution >= 4 is 33.4 Å². The predicted octanol–water partition coefficient (Wildman–Crippen LogP) is 14.3. The normalized spacial score (nSPS) is 26.0. The maximum atomic E-state index is 13.7. The summed E-state index contributed by atoms with van der Waals surface area (Å²) in [7, 11) is 3.80. The molecule has 71 heavy (non-hydrogen) atoms. The minimum absolute atomic E-state index is 0.0253. The fourth-order valence-electron chi connectivity index (χ4n) is 14.1. The van der Waals surface area contributed by atoms with Gasteiger partial charge in [0.25, 0.3) is 0 Å². The summed E-state index contributed by atoms with van der Waals surface area (Å²) >= 11 is 0. The van der Waals surface area contributed by atoms with E-state index < -0.39 is 6.04 Å². The average molecular weight is 1030 g/mol. The third-order valence-electron chi connectivity index (χ3n) is 18.4. The Bertz CT molecular complexity index is 1430. The molecule has 4 aliphatic rings. The molecular weight excluding hydrogens is 913 g/mol. The predicted molar refractivity (Wildman–Crippen MR) is 312 cm³/mol. The van der Waals surface area contributed by atoms with Crippen molar-refractivity contribution in [1.29, 1.82) is 0 Å². The summed E-state index contributed by atoms with van der Waals surface area (Å²) in [5, 5.41) is 17.3. The molecule has 3 fully saturated rings. The average Bonchev–Trinajstić information content (AvgIpc) is 3.35. The molecule has 9 atom stereocenters. The van der Waals surface area contributed by atoms with Crippen molar-refractivity contribution < 1.29 is 9.59 Å². The fraction of sp³-hybridized carbons (Fsp3) is 0.934. The smallest absolute Gasteiger partial charge is 0.243 e. The number of unbranched alkanes of at least 4 members (excludes halogenated alkanes) is 16. The Hall–Kier alpha value is -0.780. The molecule has 4 aliphatic carbocycles. The highest BCUT2D eigenvalue weighted by atomic mass is 33.1. The first-order chi connectivity index (χ1) is 34.5. The first-order valence-corrected chi connectivity index (χ1v) is 33.3. The third kappa shape index (κ3) is 23.2. The molecule has 0 spiro atoms. The van der Waals surface area contributed by atoms with E-state index in [1.807, 2.05) is 21.6 Å². The second-order valence-electron chi connectivity index (χ2n) is 24.5. The van der Waals surface area contributed by atoms with Gasteiger partial charge in [0.05, 0.1) is 6.54 Å². The van der Waals surface area contributed by atoms with Gasteiger partial charge in [0.1, 0.15) is 6.04 Å². The summed E-state index contributed by atoms with van der Waals surface area (Å²) in [4.78, 5) is 27.0. The lowest BCUT2D eigenvalue weighted by atomic mass is 9.43. The maximum Gasteiger partial charge on any atom is 0.243 e. The molecule has 5 unspecified atom stereocenters. The standard InChI is InChI=1S/C61H116N6O2S2/c1-7-8-9-10-11-12-13-14-15-16-17-18-19-20-21-22-45-66-59(69)57(67-58(68)47-65-44-28-43-64-41-24-23-40-63-42-27-39-62)48-70-71-52-35-37-60(5)51(46-52)33-34-53-55-32-26-31-54(50(4)30-25-29-49(2)3)61(55,6)38-36-56(53)60/h33,49-50,52-57,63-65H,7-32,34-48,62H2,1-6H3,(H,66,69)(H,67,68)/t50?,52-,53?,54+,55?,56?,57?,60-,61+/m0/s1. The molecule has 7 N–H and O–H groups in total. The van der Waals surface area contributed by atoms with E-state index >= 15 is 0 Å². The minimum atomic E-state index is -0.522. The van der Waals surface area contributed by atoms with Gasteiger partial charge < -0.3 is 32.3 Å². The van der Waals surface area contributed by atoms with E-state index in [0.29, 0.717) is 28.4 Å². The molecular formula is C61H116N6O2S2. The van der Waals surface area contributed by atoms with E-state index in [1.54, 1.807) is 5.57 Å². The van der Waals surface area contributed by atoms with E-state index in [-0.39, 0.29) is 18.4 Å². The van der Waals surface area contributed by atoms with Crippen molar-refractivity contribution in [2.45, 2.75) is 258 Å². The van der Waals surface area contributed by atoms with Crippen LogP contribution in [0.5, 0.6) is 0 Å². The first-order valence-electron chi connectivity index (χ1n) is 30.9. The molecule has 0 saturated heterocycles. The SMILES string of the molecule is CCCCCCCCCCCCCCCCCCNC(=O)C(CSS[C@H]1CC[C@@]2(C)C(=CCC3C2CC[C@@]2(C)C3CCC[C@@H]2C(C)CCCC(C)C)C1)NC(=O)CNCCCNCCCCNCCCN. The number of hydrogen-bond acceptors (Lipinski definition) is 8. The Balaban J connectivity index is 1.18. The zero-order valence-electron chi connectivity index (χ0n) is 47.4. The van der Waals surface area contributed by atoms with E-state index in [0.717, 1.165) is 107 Å². The van der Waals surface area contributed by atoms with Crippen LogP contribution in [0.4, 0.5) is 0 Å². The molecule has 0 radical (unpaired) electrons. The van der Waals surface area contributed by atoms with Crippen LogP contribution in [0.3, 0.4) is 0 Å². The van der Waals surface area contributed by atoms with Gasteiger partial charge in [-0.3, -0.25) is 9.59 Å². The highest BCUT2D eigenvalue weighted by molar-refractivity contribution is 8.77. The van der Waals surface area contributed by atoms with Crippen LogP contribution >= 0.6 is 21.6 Å². The lowest BCUT2D eigenvalue weighted by Gasteiger charge is -2.62. The molecule has 0 bridgehead atoms. The second-order valence-corrected chi connectivity index (χ2v) is 27.2. The number of fused-ring (bicyclic) bond motifs is 5. The Labute approximate surface area is 447 Å². The maximum absolute atomic E-state index is 13.7. The van der Waals surface area contributed by atoms with E-state index in [4.69, 9.17) is 5.73 Å². The van der Waals surface area contributed by atoms with E-state index in [1.165, 1.54) is 173 Å². The summed E-state index contributed by atoms with van der Waals surface area (Å²) in [5.74, 6) is 5.64. The number of hydrogen-bond donors (Lipinski definition) is 6. The summed E-state index contributed by atoms with van der Waals surface area (Å²) in [6.07, 6.45) is 44.9. The van der Waals surface area contributed by atoms with Gasteiger partial charge >= 0.3 is 0 Å². The fourth-order valence-corrected chi connectivity index (χ4v) is 16.9. The zero-order valence-corrected chi connectivity index (χ0v) is 49.0. The summed E-state index contributed by atoms with van der Waals surface area (Å²) in [6.45, 7) is 21.5. The number of nitrogens with one attached hydrogen (secondary N) is 5. The van der Waals surface area contributed by atoms with Crippen molar-refractivity contribution in [3.8, 4) is 0 Å². The van der Waals surface area contributed by atoms with Crippen molar-refractivity contribution in [1.82, 2.24) is 26.6 Å². The molecule has 414 valence electrons. The van der Waals surface area contributed by atoms with Crippen LogP contribution in [0.2, 0.25) is 0 Å². The molecule has 0 aliphatic heterocycles. The van der Waals surface area contributed by atoms with E-state index in [2.05, 4.69) is 74.2 Å². The third-order valence-corrected chi connectivity index (χ3v) is 21.3. The van der Waals surface area contributed by atoms with Crippen LogP contribution in [0.15, 0.2) is 11.6 Å². The molecule has 10 heteroatoms. The highest BCUT2D eigenvalue weighted by Gasteiger charge is 2.57. The summed E-state index contributed by atoms with van der Waals surface area (Å²) in [5.41, 5.74) is 8.18. The number of rotatable bonds is 42. The Morgan fingerprint density at radius 3 is 1.93 bits per heavy atom. The minimum Gasteiger partial charge on any atom is -0.354 e. The van der Waals surface area contributed by atoms with Crippen molar-refractivity contribution in [3.63, 3.8) is 0 Å². The highest BCUT2D eigenvalue weighted by Crippen LogP contribution is 2.66. The largest absolute Gasteiger partial charge is 0.354 e. The van der Waals surface area contributed by atoms with E-state index in [9.17, 15) is 9.59 Å². The topological polar surface area (TPSA) is 120 Å². The first kappa shape index (κ1) is 62.8. The number of amides is 2. The Morgan fingerprint density at radius 1 is 0.676 bits per heavy atom. The zero-order chi connectivity index (χ0) is 51.0. The summed E-state index contributed by atoms with van der Waals surface area (Å²) < 4.78 is 0. The number of nitrogens with two attached hydrogens (primary N) is 1. The number of allylic oxidation sites excluding steroid dienone is 2. The van der Waals surface area contributed by atoms with Crippen LogP contribution in [-0.4, -0.2) is 81.2 Å². The van der Waals surface area contributed by atoms with Gasteiger partial charge in [0, 0.05) is 17.5 Å². The lowest BCUT2D eigenvalue weighted by Crippen LogP contribution is -2.54. The summed E-state index contributed by atoms with van der Waals surface area (Å²) in [6, 6.07) is -0.522. The van der Waals surface area contributed by atoms with Gasteiger partial charge in [0.15, 0.2) is 0 Å².